The maximum absolute atomic E-state index is 12.9. The summed E-state index contributed by atoms with van der Waals surface area (Å²) in [5.41, 5.74) is 7.36. The smallest absolute Gasteiger partial charge is 0.124 e. The number of hydrogen-bond donors (Lipinski definition) is 2. The van der Waals surface area contributed by atoms with E-state index in [2.05, 4.69) is 11.8 Å². The van der Waals surface area contributed by atoms with Gasteiger partial charge in [0.25, 0.3) is 0 Å². The van der Waals surface area contributed by atoms with Gasteiger partial charge in [0.1, 0.15) is 5.82 Å². The van der Waals surface area contributed by atoms with E-state index >= 15 is 0 Å². The van der Waals surface area contributed by atoms with E-state index < -0.39 is 0 Å². The molecular formula is C11H12FNO. The van der Waals surface area contributed by atoms with E-state index in [0.29, 0.717) is 23.2 Å². The molecule has 0 radical (unpaired) electrons. The number of nitrogens with two attached hydrogens (primary N) is 1. The van der Waals surface area contributed by atoms with Crippen LogP contribution in [0.2, 0.25) is 0 Å². The first-order valence-electron chi connectivity index (χ1n) is 4.30. The highest BCUT2D eigenvalue weighted by atomic mass is 19.1. The number of aryl methyl sites for hydroxylation is 1. The molecule has 0 saturated carbocycles. The molecule has 3 N–H and O–H groups in total. The first-order chi connectivity index (χ1) is 6.65. The van der Waals surface area contributed by atoms with Gasteiger partial charge in [-0.15, -0.1) is 0 Å². The van der Waals surface area contributed by atoms with E-state index in [1.165, 1.54) is 12.1 Å². The van der Waals surface area contributed by atoms with E-state index in [0.717, 1.165) is 0 Å². The van der Waals surface area contributed by atoms with Gasteiger partial charge in [0, 0.05) is 6.42 Å². The Labute approximate surface area is 82.6 Å². The van der Waals surface area contributed by atoms with Crippen LogP contribution in [0.3, 0.4) is 0 Å². The Kier molecular flexibility index (Phi) is 3.49. The molecule has 0 aliphatic heterocycles. The minimum absolute atomic E-state index is 0.00119. The van der Waals surface area contributed by atoms with Crippen molar-refractivity contribution in [1.82, 2.24) is 0 Å². The summed E-state index contributed by atoms with van der Waals surface area (Å²) in [6, 6.07) is 2.67. The van der Waals surface area contributed by atoms with Crippen LogP contribution >= 0.6 is 0 Å². The molecule has 1 aromatic rings. The summed E-state index contributed by atoms with van der Waals surface area (Å²) in [7, 11) is 0. The van der Waals surface area contributed by atoms with Crippen LogP contribution in [0.4, 0.5) is 10.1 Å². The van der Waals surface area contributed by atoms with Crippen LogP contribution in [0.15, 0.2) is 12.1 Å². The largest absolute Gasteiger partial charge is 0.397 e. The van der Waals surface area contributed by atoms with Gasteiger partial charge in [-0.3, -0.25) is 0 Å². The van der Waals surface area contributed by atoms with Gasteiger partial charge >= 0.3 is 0 Å². The van der Waals surface area contributed by atoms with E-state index in [9.17, 15) is 4.39 Å². The second-order valence-corrected chi connectivity index (χ2v) is 2.96. The molecule has 0 saturated heterocycles. The van der Waals surface area contributed by atoms with Gasteiger partial charge in [-0.25, -0.2) is 4.39 Å². The van der Waals surface area contributed by atoms with Gasteiger partial charge in [0.2, 0.25) is 0 Å². The Balaban J connectivity index is 3.04. The van der Waals surface area contributed by atoms with Crippen LogP contribution in [-0.2, 0) is 0 Å². The molecule has 1 rings (SSSR count). The van der Waals surface area contributed by atoms with Crippen LogP contribution in [0.25, 0.3) is 0 Å². The van der Waals surface area contributed by atoms with Crippen molar-refractivity contribution in [3.05, 3.63) is 29.1 Å². The van der Waals surface area contributed by atoms with Gasteiger partial charge < -0.3 is 10.8 Å². The van der Waals surface area contributed by atoms with Gasteiger partial charge in [-0.2, -0.15) is 0 Å². The highest BCUT2D eigenvalue weighted by Gasteiger charge is 2.02. The van der Waals surface area contributed by atoms with Gasteiger partial charge in [0.15, 0.2) is 0 Å². The zero-order chi connectivity index (χ0) is 10.6. The monoisotopic (exact) mass is 193 g/mol. The Morgan fingerprint density at radius 2 is 2.21 bits per heavy atom. The fourth-order valence-corrected chi connectivity index (χ4v) is 1.07. The molecule has 0 aromatic heterocycles. The number of hydrogen-bond acceptors (Lipinski definition) is 2. The third kappa shape index (κ3) is 2.48. The zero-order valence-corrected chi connectivity index (χ0v) is 7.97. The predicted octanol–water partition coefficient (Wildman–Crippen LogP) is 1.45. The summed E-state index contributed by atoms with van der Waals surface area (Å²) >= 11 is 0. The molecule has 0 aliphatic carbocycles. The summed E-state index contributed by atoms with van der Waals surface area (Å²) < 4.78 is 12.9. The van der Waals surface area contributed by atoms with Crippen LogP contribution in [0.1, 0.15) is 17.5 Å². The second kappa shape index (κ2) is 4.64. The Bertz CT molecular complexity index is 390. The van der Waals surface area contributed by atoms with Crippen molar-refractivity contribution >= 4 is 5.69 Å². The number of nitrogen functional groups attached to an aromatic ring is 1. The van der Waals surface area contributed by atoms with E-state index in [1.807, 2.05) is 0 Å². The third-order valence-corrected chi connectivity index (χ3v) is 1.81. The fraction of sp³-hybridized carbons (Fsp3) is 0.273. The van der Waals surface area contributed by atoms with Crippen molar-refractivity contribution in [3.8, 4) is 11.8 Å². The van der Waals surface area contributed by atoms with Crippen molar-refractivity contribution in [2.75, 3.05) is 12.3 Å². The van der Waals surface area contributed by atoms with Crippen LogP contribution < -0.4 is 5.73 Å². The summed E-state index contributed by atoms with van der Waals surface area (Å²) in [5, 5.41) is 8.51. The molecular weight excluding hydrogens is 181 g/mol. The normalized spacial score (nSPS) is 9.36. The Morgan fingerprint density at radius 3 is 2.86 bits per heavy atom. The zero-order valence-electron chi connectivity index (χ0n) is 7.97. The number of benzene rings is 1. The lowest BCUT2D eigenvalue weighted by molar-refractivity contribution is 0.305. The molecule has 3 heteroatoms. The molecule has 2 nitrogen and oxygen atoms in total. The maximum atomic E-state index is 12.9. The lowest BCUT2D eigenvalue weighted by Gasteiger charge is -2.02. The number of anilines is 1. The maximum Gasteiger partial charge on any atom is 0.124 e. The van der Waals surface area contributed by atoms with Crippen LogP contribution in [0.5, 0.6) is 0 Å². The number of halogens is 1. The highest BCUT2D eigenvalue weighted by Crippen LogP contribution is 2.17. The van der Waals surface area contributed by atoms with Crippen molar-refractivity contribution in [1.29, 1.82) is 0 Å². The van der Waals surface area contributed by atoms with Gasteiger partial charge in [0.05, 0.1) is 17.9 Å². The second-order valence-electron chi connectivity index (χ2n) is 2.96. The molecule has 0 amide bonds. The lowest BCUT2D eigenvalue weighted by Crippen LogP contribution is -1.95. The fourth-order valence-electron chi connectivity index (χ4n) is 1.07. The molecule has 0 aliphatic rings. The van der Waals surface area contributed by atoms with Gasteiger partial charge in [-0.1, -0.05) is 11.8 Å². The first-order valence-corrected chi connectivity index (χ1v) is 4.30. The van der Waals surface area contributed by atoms with Crippen molar-refractivity contribution < 1.29 is 9.50 Å². The lowest BCUT2D eigenvalue weighted by atomic mass is 10.1. The Hall–Kier alpha value is -1.53. The van der Waals surface area contributed by atoms with Crippen LogP contribution in [-0.4, -0.2) is 11.7 Å². The molecule has 0 unspecified atom stereocenters. The molecule has 1 aromatic carbocycles. The average molecular weight is 193 g/mol. The van der Waals surface area contributed by atoms with E-state index in [1.54, 1.807) is 6.92 Å². The predicted molar refractivity (Wildman–Crippen MR) is 54.1 cm³/mol. The first kappa shape index (κ1) is 10.6. The van der Waals surface area contributed by atoms with E-state index in [-0.39, 0.29) is 12.4 Å². The summed E-state index contributed by atoms with van der Waals surface area (Å²) in [6.07, 6.45) is 0.370. The van der Waals surface area contributed by atoms with Crippen molar-refractivity contribution in [3.63, 3.8) is 0 Å². The van der Waals surface area contributed by atoms with E-state index in [4.69, 9.17) is 10.8 Å². The topological polar surface area (TPSA) is 46.2 Å². The molecule has 0 heterocycles. The number of aliphatic hydroxyl groups is 1. The average Bonchev–Trinajstić information content (AvgIpc) is 2.13. The molecule has 0 bridgehead atoms. The number of rotatable bonds is 1. The molecule has 14 heavy (non-hydrogen) atoms. The Morgan fingerprint density at radius 1 is 1.50 bits per heavy atom. The number of aliphatic hydroxyl groups excluding tert-OH is 1. The molecule has 0 fully saturated rings. The summed E-state index contributed by atoms with van der Waals surface area (Å²) in [5.74, 6) is 5.08. The molecule has 0 atom stereocenters. The van der Waals surface area contributed by atoms with Crippen LogP contribution in [0, 0.1) is 24.6 Å². The standard InChI is InChI=1S/C11H12FNO/c1-8-6-10(12)7-9(11(8)13)4-2-3-5-14/h6-7,14H,3,5,13H2,1H3. The SMILES string of the molecule is Cc1cc(F)cc(C#CCCO)c1N. The van der Waals surface area contributed by atoms with Gasteiger partial charge in [-0.05, 0) is 24.6 Å². The molecule has 74 valence electrons. The van der Waals surface area contributed by atoms with Crippen molar-refractivity contribution in [2.24, 2.45) is 0 Å². The quantitative estimate of drug-likeness (QED) is 0.523. The minimum atomic E-state index is -0.343. The van der Waals surface area contributed by atoms with Crippen molar-refractivity contribution in [2.45, 2.75) is 13.3 Å². The third-order valence-electron chi connectivity index (χ3n) is 1.81. The summed E-state index contributed by atoms with van der Waals surface area (Å²) in [4.78, 5) is 0. The summed E-state index contributed by atoms with van der Waals surface area (Å²) in [6.45, 7) is 1.73. The minimum Gasteiger partial charge on any atom is -0.397 e. The molecule has 0 spiro atoms. The highest BCUT2D eigenvalue weighted by molar-refractivity contribution is 5.60.